The highest BCUT2D eigenvalue weighted by Crippen LogP contribution is 2.45. The van der Waals surface area contributed by atoms with Gasteiger partial charge in [-0.2, -0.15) is 5.10 Å². The van der Waals surface area contributed by atoms with Crippen molar-refractivity contribution < 1.29 is 32.2 Å². The predicted molar refractivity (Wildman–Crippen MR) is 660 cm³/mol. The monoisotopic (exact) mass is 2460 g/mol. The van der Waals surface area contributed by atoms with Crippen LogP contribution in [0.15, 0.2) is 91.8 Å². The number of carbonyl (C=O) groups excluding carboxylic acids is 2. The van der Waals surface area contributed by atoms with Crippen molar-refractivity contribution in [1.82, 2.24) is 45.1 Å². The molecule has 13 heterocycles. The first kappa shape index (κ1) is 138. The number of nitrogens with zero attached hydrogens (tertiary/aromatic N) is 10. The summed E-state index contributed by atoms with van der Waals surface area (Å²) in [6, 6.07) is 24.5. The average Bonchev–Trinajstić information content (AvgIpc) is 1.67. The lowest BCUT2D eigenvalue weighted by atomic mass is 9.81. The Balaban J connectivity index is 0.000000418. The van der Waals surface area contributed by atoms with Crippen LogP contribution in [0.25, 0.3) is 20.8 Å². The zero-order chi connectivity index (χ0) is 115. The quantitative estimate of drug-likeness (QED) is 0.116. The Bertz CT molecular complexity index is 6350. The molecule has 1 saturated heterocycles. The fraction of sp³-hybridized carbons (Fsp3) is 0.571. The van der Waals surface area contributed by atoms with Crippen LogP contribution in [0.2, 0.25) is 23.1 Å². The molecule has 1 aliphatic rings. The Kier molecular flexibility index (Phi) is 52.3. The number of fused-ring (bicyclic) bond motifs is 1. The van der Waals surface area contributed by atoms with Crippen LogP contribution in [0.1, 0.15) is 371 Å². The van der Waals surface area contributed by atoms with Gasteiger partial charge < -0.3 is 19.9 Å². The first-order valence-electron chi connectivity index (χ1n) is 49.1. The highest BCUT2D eigenvalue weighted by Gasteiger charge is 2.36. The van der Waals surface area contributed by atoms with Crippen LogP contribution >= 0.6 is 192 Å². The van der Waals surface area contributed by atoms with E-state index in [0.29, 0.717) is 43.7 Å². The van der Waals surface area contributed by atoms with Crippen LogP contribution in [0, 0.1) is 69.9 Å². The lowest BCUT2D eigenvalue weighted by Crippen LogP contribution is -2.21. The predicted octanol–water partition coefficient (Wildman–Crippen LogP) is 38.9. The second-order valence-corrected chi connectivity index (χ2v) is 65.5. The number of thiophene rings is 5. The van der Waals surface area contributed by atoms with Gasteiger partial charge in [-0.15, -0.1) is 101 Å². The summed E-state index contributed by atoms with van der Waals surface area (Å²) in [7, 11) is -0.680. The zero-order valence-corrected chi connectivity index (χ0v) is 112. The third-order valence-corrected chi connectivity index (χ3v) is 39.6. The van der Waals surface area contributed by atoms with Gasteiger partial charge in [-0.25, -0.2) is 23.4 Å². The lowest BCUT2D eigenvalue weighted by Gasteiger charge is -2.25. The molecule has 830 valence electrons. The second-order valence-electron chi connectivity index (χ2n) is 48.7. The van der Waals surface area contributed by atoms with Crippen LogP contribution in [0.5, 0.6) is 5.75 Å². The molecule has 12 aromatic heterocycles. The van der Waals surface area contributed by atoms with Crippen molar-refractivity contribution in [2.75, 3.05) is 28.7 Å². The molecule has 37 heteroatoms. The molecule has 0 spiro atoms. The van der Waals surface area contributed by atoms with E-state index in [2.05, 4.69) is 375 Å². The van der Waals surface area contributed by atoms with Gasteiger partial charge in [0.25, 0.3) is 5.69 Å². The highest BCUT2D eigenvalue weighted by atomic mass is 79.9. The number of hydrogen-bond donors (Lipinski definition) is 2. The number of nitrogens with one attached hydrogen (secondary N) is 2. The summed E-state index contributed by atoms with van der Waals surface area (Å²) in [5.74, 6) is 2.85. The fourth-order valence-electron chi connectivity index (χ4n) is 13.4. The van der Waals surface area contributed by atoms with Gasteiger partial charge in [0, 0.05) is 105 Å². The summed E-state index contributed by atoms with van der Waals surface area (Å²) in [4.78, 5) is 59.5. The summed E-state index contributed by atoms with van der Waals surface area (Å²) >= 11 is 50.5. The Morgan fingerprint density at radius 1 is 0.517 bits per heavy atom. The standard InChI is InChI=1S/C13H18N2S.C13H17NOS.C10H16N2OS.C10H15N.C9H15NO.C9H15NS.2C8H10BrClS.C8H10Cl2S.C8H10ClNO2S.C8H13N3OS.C8H16O2S/c1-9-8-10(15(5)14-9)11-6-7-12(16-11)13(2,3)4;1-5-15-9-6-7-10-11(8-9)16-12(14-10)13(2,3)4;1-6-8(10(3,4)5)12-9(14-6)11-7(2)13;1-8-5-6-9(11-7-8)10(2,3)4;1-6-8(9(3,4)5)7(2)11-10-6;1-6-8(9(3,4)5)11-7(2)10-6;1-8(2,3)6-4-5(10)7(9)11-6;2*1-8(2,3)6-4-5(9)7(10)11-6;1-8(2,3)6-4-5(10(11)12)7(9)13-6;1-5(12)9-7-11-10-6(13-7)8(2,3)4;1-8(2,3)7-4-5-11(9,10)6-7/h6-8H,1-5H3;6-8H,5H2,1-4H3;1-5H3,(H,11,12,13);5-7H,1-4H3;2*1-5H3;3*4H,1-3H3;4H,1-3H3;1-4H3,(H,9,11,12);7H,4-6H2,1-3H3. The molecule has 0 bridgehead atoms. The molecule has 2 N–H and O–H groups in total. The molecule has 1 aromatic carbocycles. The molecule has 1 unspecified atom stereocenters. The molecule has 2 amide bonds. The van der Waals surface area contributed by atoms with Crippen molar-refractivity contribution in [3.05, 3.63) is 215 Å². The van der Waals surface area contributed by atoms with Crippen molar-refractivity contribution in [3.8, 4) is 16.3 Å². The minimum absolute atomic E-state index is 0.00557. The number of sulfone groups is 1. The van der Waals surface area contributed by atoms with Crippen molar-refractivity contribution in [2.24, 2.45) is 18.4 Å². The molecule has 1 fully saturated rings. The van der Waals surface area contributed by atoms with Crippen molar-refractivity contribution >= 4 is 240 Å². The van der Waals surface area contributed by atoms with E-state index in [1.54, 1.807) is 51.4 Å². The van der Waals surface area contributed by atoms with E-state index in [1.807, 2.05) is 120 Å². The number of anilines is 2. The molecule has 0 radical (unpaired) electrons. The molecule has 1 atom stereocenters. The van der Waals surface area contributed by atoms with Gasteiger partial charge in [0.2, 0.25) is 16.9 Å². The number of ether oxygens (including phenoxy) is 1. The Morgan fingerprint density at radius 2 is 1.03 bits per heavy atom. The first-order chi connectivity index (χ1) is 67.3. The largest absolute Gasteiger partial charge is 0.494 e. The number of aryl methyl sites for hydroxylation is 8. The third kappa shape index (κ3) is 47.8. The van der Waals surface area contributed by atoms with Gasteiger partial charge in [-0.3, -0.25) is 29.4 Å². The number of amides is 2. The van der Waals surface area contributed by atoms with Crippen LogP contribution in [0.3, 0.4) is 0 Å². The summed E-state index contributed by atoms with van der Waals surface area (Å²) in [6.07, 6.45) is 2.77. The summed E-state index contributed by atoms with van der Waals surface area (Å²) in [5.41, 5.74) is 11.8. The number of rotatable bonds is 6. The number of hydrogen-bond acceptors (Lipinski definition) is 25. The molecule has 20 nitrogen and oxygen atoms in total. The van der Waals surface area contributed by atoms with Gasteiger partial charge in [0.1, 0.15) is 25.2 Å². The highest BCUT2D eigenvalue weighted by molar-refractivity contribution is 9.11. The number of carbonyl (C=O) groups is 2. The topological polar surface area (TPSA) is 266 Å². The van der Waals surface area contributed by atoms with Crippen molar-refractivity contribution in [2.45, 2.75) is 384 Å². The van der Waals surface area contributed by atoms with Crippen LogP contribution in [-0.4, -0.2) is 88.3 Å². The molecule has 14 rings (SSSR count). The van der Waals surface area contributed by atoms with Gasteiger partial charge >= 0.3 is 0 Å². The van der Waals surface area contributed by atoms with Crippen LogP contribution in [0.4, 0.5) is 16.0 Å². The Hall–Kier alpha value is -5.50. The molecular formula is C112H165Br2Cl5N12O8S10. The Morgan fingerprint density at radius 3 is 1.34 bits per heavy atom. The van der Waals surface area contributed by atoms with Crippen LogP contribution < -0.4 is 15.4 Å². The van der Waals surface area contributed by atoms with E-state index in [-0.39, 0.29) is 86.8 Å². The lowest BCUT2D eigenvalue weighted by molar-refractivity contribution is -0.384. The minimum Gasteiger partial charge on any atom is -0.494 e. The number of nitro groups is 1. The van der Waals surface area contributed by atoms with Gasteiger partial charge in [-0.1, -0.05) is 330 Å². The minimum atomic E-state index is -2.68. The van der Waals surface area contributed by atoms with Gasteiger partial charge in [0.05, 0.1) is 90.4 Å². The second kappa shape index (κ2) is 56.6. The summed E-state index contributed by atoms with van der Waals surface area (Å²) < 4.78 is 39.7. The maximum Gasteiger partial charge on any atom is 0.299 e. The molecule has 149 heavy (non-hydrogen) atoms. The van der Waals surface area contributed by atoms with E-state index in [9.17, 15) is 28.1 Å². The van der Waals surface area contributed by atoms with Gasteiger partial charge in [-0.05, 0) is 209 Å². The van der Waals surface area contributed by atoms with Crippen molar-refractivity contribution in [1.29, 1.82) is 0 Å². The smallest absolute Gasteiger partial charge is 0.299 e. The van der Waals surface area contributed by atoms with E-state index in [4.69, 9.17) is 67.3 Å². The number of aromatic nitrogens is 9. The molecule has 0 saturated carbocycles. The van der Waals surface area contributed by atoms with E-state index < -0.39 is 14.8 Å². The molecule has 1 aliphatic heterocycles. The molecule has 0 aliphatic carbocycles. The van der Waals surface area contributed by atoms with E-state index in [0.717, 1.165) is 73.7 Å². The first-order valence-corrected chi connectivity index (χ1v) is 61.8. The number of halogens is 7. The van der Waals surface area contributed by atoms with Gasteiger partial charge in [0.15, 0.2) is 19.3 Å². The number of pyridine rings is 1. The fourth-order valence-corrected chi connectivity index (χ4v) is 26.8. The normalized spacial score (nSPS) is 13.3. The third-order valence-electron chi connectivity index (χ3n) is 21.3. The molecule has 13 aromatic rings. The Labute approximate surface area is 970 Å². The maximum atomic E-state index is 11.1. The zero-order valence-electron chi connectivity index (χ0n) is 96.9. The number of benzene rings is 1. The van der Waals surface area contributed by atoms with Crippen molar-refractivity contribution in [3.63, 3.8) is 0 Å². The maximum absolute atomic E-state index is 11.1. The number of thiazole rings is 3. The summed E-state index contributed by atoms with van der Waals surface area (Å²) in [5, 5.41) is 38.0. The molecular weight excluding hydrogens is 2300 g/mol. The average molecular weight is 2470 g/mol. The van der Waals surface area contributed by atoms with Crippen LogP contribution in [-0.2, 0) is 86.0 Å². The van der Waals surface area contributed by atoms with E-state index >= 15 is 0 Å². The SMILES string of the molecule is CC(=O)Nc1nc(C(C)(C)C)c(C)s1.CC(=O)Nc1nnc(C(C)(C)C)s1.CC(C)(C)C1CCS(=O)(=O)C1.CC(C)(C)c1cc(Br)c(Cl)s1.CC(C)(C)c1cc(Cl)c(Br)s1.CC(C)(C)c1cc(Cl)c(Cl)s1.CC(C)(C)c1cc([N+](=O)[O-])c(Cl)s1.CCOc1ccc2nc(C(C)(C)C)sc2c1.Cc1cc(-c2ccc(C(C)(C)C)s2)n(C)n1.Cc1ccc(C(C)(C)C)nc1.Cc1nc(C)c(C(C)(C)C)s1.Cc1noc(C)c1C(C)(C)C. The summed E-state index contributed by atoms with van der Waals surface area (Å²) in [6.45, 7) is 97.3. The van der Waals surface area contributed by atoms with E-state index in [1.165, 1.54) is 119 Å².